The van der Waals surface area contributed by atoms with Gasteiger partial charge in [0.1, 0.15) is 0 Å². The summed E-state index contributed by atoms with van der Waals surface area (Å²) in [5, 5.41) is 9.26. The summed E-state index contributed by atoms with van der Waals surface area (Å²) >= 11 is 1.73. The Bertz CT molecular complexity index is 427. The third-order valence-electron chi connectivity index (χ3n) is 2.41. The largest absolute Gasteiger partial charge is 0.478 e. The highest BCUT2D eigenvalue weighted by Crippen LogP contribution is 2.10. The molecule has 1 heterocycles. The van der Waals surface area contributed by atoms with Crippen LogP contribution in [0.3, 0.4) is 0 Å². The minimum atomic E-state index is -1.01. The lowest BCUT2D eigenvalue weighted by atomic mass is 10.2. The molecule has 0 saturated heterocycles. The van der Waals surface area contributed by atoms with E-state index in [-0.39, 0.29) is 11.1 Å². The highest BCUT2D eigenvalue weighted by Gasteiger charge is 2.06. The van der Waals surface area contributed by atoms with E-state index in [4.69, 9.17) is 5.11 Å². The Labute approximate surface area is 98.3 Å². The van der Waals surface area contributed by atoms with Crippen molar-refractivity contribution >= 4 is 17.7 Å². The third-order valence-corrected chi connectivity index (χ3v) is 3.45. The van der Waals surface area contributed by atoms with E-state index in [1.165, 1.54) is 22.9 Å². The van der Waals surface area contributed by atoms with E-state index in [1.807, 2.05) is 6.26 Å². The number of aromatic carboxylic acids is 1. The van der Waals surface area contributed by atoms with Gasteiger partial charge in [0.2, 0.25) is 0 Å². The molecule has 16 heavy (non-hydrogen) atoms. The van der Waals surface area contributed by atoms with Gasteiger partial charge in [-0.3, -0.25) is 4.79 Å². The second-order valence-corrected chi connectivity index (χ2v) is 4.87. The van der Waals surface area contributed by atoms with Crippen LogP contribution in [0.4, 0.5) is 0 Å². The molecule has 0 spiro atoms. The number of carbonyl (C=O) groups is 1. The molecule has 0 radical (unpaired) electrons. The van der Waals surface area contributed by atoms with Crippen LogP contribution in [0.1, 0.15) is 23.7 Å². The number of carboxylic acids is 1. The van der Waals surface area contributed by atoms with Gasteiger partial charge < -0.3 is 9.67 Å². The lowest BCUT2D eigenvalue weighted by molar-refractivity contribution is 0.0696. The molecule has 0 fully saturated rings. The van der Waals surface area contributed by atoms with Crippen LogP contribution < -0.4 is 5.56 Å². The summed E-state index contributed by atoms with van der Waals surface area (Å²) in [5.74, 6) is -1.01. The van der Waals surface area contributed by atoms with E-state index in [9.17, 15) is 9.59 Å². The number of hydrogen-bond acceptors (Lipinski definition) is 3. The zero-order chi connectivity index (χ0) is 12.1. The van der Waals surface area contributed by atoms with Crippen LogP contribution in [-0.2, 0) is 6.54 Å². The van der Waals surface area contributed by atoms with Crippen molar-refractivity contribution in [3.8, 4) is 0 Å². The van der Waals surface area contributed by atoms with Crippen molar-refractivity contribution in [2.45, 2.75) is 25.1 Å². The van der Waals surface area contributed by atoms with Gasteiger partial charge in [-0.25, -0.2) is 4.79 Å². The average molecular weight is 241 g/mol. The molecule has 1 aromatic rings. The number of pyridine rings is 1. The maximum absolute atomic E-state index is 11.5. The Morgan fingerprint density at radius 1 is 1.56 bits per heavy atom. The summed E-state index contributed by atoms with van der Waals surface area (Å²) in [4.78, 5) is 22.2. The number of nitrogens with zero attached hydrogens (tertiary/aromatic N) is 1. The summed E-state index contributed by atoms with van der Waals surface area (Å²) in [6.45, 7) is 2.64. The molecule has 0 amide bonds. The molecule has 5 heteroatoms. The van der Waals surface area contributed by atoms with Gasteiger partial charge in [-0.1, -0.05) is 6.92 Å². The lowest BCUT2D eigenvalue weighted by Crippen LogP contribution is -2.21. The fourth-order valence-electron chi connectivity index (χ4n) is 1.27. The number of thioether (sulfide) groups is 1. The molecule has 1 unspecified atom stereocenters. The molecule has 1 N–H and O–H groups in total. The highest BCUT2D eigenvalue weighted by atomic mass is 32.2. The Balaban J connectivity index is 2.82. The van der Waals surface area contributed by atoms with Crippen molar-refractivity contribution in [2.75, 3.05) is 6.26 Å². The van der Waals surface area contributed by atoms with Crippen molar-refractivity contribution in [3.63, 3.8) is 0 Å². The monoisotopic (exact) mass is 241 g/mol. The van der Waals surface area contributed by atoms with Gasteiger partial charge >= 0.3 is 5.97 Å². The predicted octanol–water partition coefficient (Wildman–Crippen LogP) is 1.69. The van der Waals surface area contributed by atoms with Gasteiger partial charge in [0.05, 0.1) is 5.56 Å². The molecule has 88 valence electrons. The zero-order valence-corrected chi connectivity index (χ0v) is 10.2. The normalized spacial score (nSPS) is 12.4. The first-order valence-electron chi connectivity index (χ1n) is 5.01. The standard InChI is InChI=1S/C11H15NO3S/c1-8(16-2)5-6-12-7-9(11(14)15)3-4-10(12)13/h3-4,7-8H,5-6H2,1-2H3,(H,14,15). The van der Waals surface area contributed by atoms with E-state index < -0.39 is 5.97 Å². The van der Waals surface area contributed by atoms with Crippen LogP contribution in [0.25, 0.3) is 0 Å². The first kappa shape index (κ1) is 12.8. The second-order valence-electron chi connectivity index (χ2n) is 3.59. The number of aromatic nitrogens is 1. The molecular weight excluding hydrogens is 226 g/mol. The summed E-state index contributed by atoms with van der Waals surface area (Å²) in [6.07, 6.45) is 4.27. The number of carboxylic acid groups (broad SMARTS) is 1. The topological polar surface area (TPSA) is 59.3 Å². The zero-order valence-electron chi connectivity index (χ0n) is 9.34. The molecule has 1 aromatic heterocycles. The van der Waals surface area contributed by atoms with Crippen molar-refractivity contribution in [1.82, 2.24) is 4.57 Å². The van der Waals surface area contributed by atoms with E-state index >= 15 is 0 Å². The van der Waals surface area contributed by atoms with Crippen LogP contribution in [0.2, 0.25) is 0 Å². The fraction of sp³-hybridized carbons (Fsp3) is 0.455. The van der Waals surface area contributed by atoms with Gasteiger partial charge in [-0.2, -0.15) is 11.8 Å². The summed E-state index contributed by atoms with van der Waals surface area (Å²) in [5.41, 5.74) is -0.00490. The maximum Gasteiger partial charge on any atom is 0.337 e. The molecule has 1 rings (SSSR count). The van der Waals surface area contributed by atoms with Gasteiger partial charge in [0.25, 0.3) is 5.56 Å². The van der Waals surface area contributed by atoms with Crippen molar-refractivity contribution in [1.29, 1.82) is 0 Å². The third kappa shape index (κ3) is 3.41. The molecular formula is C11H15NO3S. The fourth-order valence-corrected chi connectivity index (χ4v) is 1.61. The second kappa shape index (κ2) is 5.75. The van der Waals surface area contributed by atoms with Crippen LogP contribution in [0.15, 0.2) is 23.1 Å². The Morgan fingerprint density at radius 3 is 2.81 bits per heavy atom. The van der Waals surface area contributed by atoms with Gasteiger partial charge in [0, 0.05) is 24.1 Å². The average Bonchev–Trinajstić information content (AvgIpc) is 2.27. The molecule has 0 aliphatic carbocycles. The molecule has 4 nitrogen and oxygen atoms in total. The Morgan fingerprint density at radius 2 is 2.25 bits per heavy atom. The Hall–Kier alpha value is -1.23. The van der Waals surface area contributed by atoms with Crippen molar-refractivity contribution in [2.24, 2.45) is 0 Å². The summed E-state index contributed by atoms with van der Waals surface area (Å²) in [6, 6.07) is 2.63. The van der Waals surface area contributed by atoms with Gasteiger partial charge in [-0.15, -0.1) is 0 Å². The van der Waals surface area contributed by atoms with Crippen LogP contribution in [-0.4, -0.2) is 27.1 Å². The Kier molecular flexibility index (Phi) is 4.61. The minimum Gasteiger partial charge on any atom is -0.478 e. The molecule has 0 aromatic carbocycles. The van der Waals surface area contributed by atoms with Crippen LogP contribution in [0, 0.1) is 0 Å². The first-order valence-corrected chi connectivity index (χ1v) is 6.30. The lowest BCUT2D eigenvalue weighted by Gasteiger charge is -2.10. The van der Waals surface area contributed by atoms with E-state index in [0.29, 0.717) is 11.8 Å². The number of rotatable bonds is 5. The molecule has 1 atom stereocenters. The molecule has 0 saturated carbocycles. The van der Waals surface area contributed by atoms with E-state index in [0.717, 1.165) is 6.42 Å². The van der Waals surface area contributed by atoms with E-state index in [2.05, 4.69) is 6.92 Å². The van der Waals surface area contributed by atoms with Crippen molar-refractivity contribution in [3.05, 3.63) is 34.2 Å². The highest BCUT2D eigenvalue weighted by molar-refractivity contribution is 7.99. The predicted molar refractivity (Wildman–Crippen MR) is 65.3 cm³/mol. The summed E-state index contributed by atoms with van der Waals surface area (Å²) in [7, 11) is 0. The van der Waals surface area contributed by atoms with Gasteiger partial charge in [0.15, 0.2) is 0 Å². The number of aryl methyl sites for hydroxylation is 1. The maximum atomic E-state index is 11.5. The first-order chi connectivity index (χ1) is 7.54. The molecule has 0 bridgehead atoms. The number of hydrogen-bond donors (Lipinski definition) is 1. The van der Waals surface area contributed by atoms with Crippen molar-refractivity contribution < 1.29 is 9.90 Å². The van der Waals surface area contributed by atoms with E-state index in [1.54, 1.807) is 11.8 Å². The van der Waals surface area contributed by atoms with Crippen LogP contribution in [0.5, 0.6) is 0 Å². The quantitative estimate of drug-likeness (QED) is 0.852. The molecule has 0 aliphatic rings. The van der Waals surface area contributed by atoms with Crippen LogP contribution >= 0.6 is 11.8 Å². The SMILES string of the molecule is CSC(C)CCn1cc(C(=O)O)ccc1=O. The summed E-state index contributed by atoms with van der Waals surface area (Å²) < 4.78 is 1.45. The minimum absolute atomic E-state index is 0.149. The molecule has 0 aliphatic heterocycles. The van der Waals surface area contributed by atoms with Gasteiger partial charge in [-0.05, 0) is 18.7 Å². The smallest absolute Gasteiger partial charge is 0.337 e.